The lowest BCUT2D eigenvalue weighted by atomic mass is 10.2. The maximum Gasteiger partial charge on any atom is 0.242 e. The highest BCUT2D eigenvalue weighted by atomic mass is 32.2. The van der Waals surface area contributed by atoms with Gasteiger partial charge in [-0.2, -0.15) is 0 Å². The van der Waals surface area contributed by atoms with E-state index < -0.39 is 10.0 Å². The summed E-state index contributed by atoms with van der Waals surface area (Å²) in [6.45, 7) is 1.73. The molecule has 8 heteroatoms. The molecule has 6 nitrogen and oxygen atoms in total. The first-order valence-corrected chi connectivity index (χ1v) is 9.07. The molecule has 0 bridgehead atoms. The van der Waals surface area contributed by atoms with Gasteiger partial charge in [-0.3, -0.25) is 10.1 Å². The summed E-state index contributed by atoms with van der Waals surface area (Å²) in [5.41, 5.74) is 1.14. The number of anilines is 1. The van der Waals surface area contributed by atoms with Crippen molar-refractivity contribution in [1.82, 2.24) is 9.62 Å². The van der Waals surface area contributed by atoms with Gasteiger partial charge in [0, 0.05) is 31.4 Å². The molecule has 1 aliphatic rings. The maximum atomic E-state index is 12.2. The standard InChI is InChI=1S/C13H19N3O3S2/c1-9-4-5-10(6-12(9)21(18,19)16(2)3)15-13(17)11-7-20-8-14-11/h4-6,11,14H,7-8H2,1-3H3,(H,15,17). The Kier molecular flexibility index (Phi) is 4.92. The Morgan fingerprint density at radius 2 is 2.14 bits per heavy atom. The van der Waals surface area contributed by atoms with E-state index in [1.165, 1.54) is 20.2 Å². The Hall–Kier alpha value is -1.09. The normalized spacial score (nSPS) is 19.0. The summed E-state index contributed by atoms with van der Waals surface area (Å²) in [6.07, 6.45) is 0. The second kappa shape index (κ2) is 6.35. The van der Waals surface area contributed by atoms with E-state index in [2.05, 4.69) is 10.6 Å². The van der Waals surface area contributed by atoms with Gasteiger partial charge >= 0.3 is 0 Å². The van der Waals surface area contributed by atoms with Crippen LogP contribution in [0.25, 0.3) is 0 Å². The van der Waals surface area contributed by atoms with Crippen LogP contribution in [0.5, 0.6) is 0 Å². The van der Waals surface area contributed by atoms with E-state index in [1.807, 2.05) is 0 Å². The number of amides is 1. The first-order valence-electron chi connectivity index (χ1n) is 6.47. The summed E-state index contributed by atoms with van der Waals surface area (Å²) in [6, 6.07) is 4.68. The smallest absolute Gasteiger partial charge is 0.242 e. The third-order valence-electron chi connectivity index (χ3n) is 3.25. The summed E-state index contributed by atoms with van der Waals surface area (Å²) < 4.78 is 25.7. The van der Waals surface area contributed by atoms with Gasteiger partial charge in [-0.1, -0.05) is 6.07 Å². The van der Waals surface area contributed by atoms with Gasteiger partial charge in [0.15, 0.2) is 0 Å². The average molecular weight is 329 g/mol. The van der Waals surface area contributed by atoms with Crippen molar-refractivity contribution in [3.05, 3.63) is 23.8 Å². The van der Waals surface area contributed by atoms with Crippen molar-refractivity contribution in [1.29, 1.82) is 0 Å². The largest absolute Gasteiger partial charge is 0.325 e. The number of carbonyl (C=O) groups is 1. The zero-order chi connectivity index (χ0) is 15.6. The highest BCUT2D eigenvalue weighted by Crippen LogP contribution is 2.23. The predicted octanol–water partition coefficient (Wildman–Crippen LogP) is 0.846. The van der Waals surface area contributed by atoms with Crippen molar-refractivity contribution in [3.8, 4) is 0 Å². The molecule has 0 radical (unpaired) electrons. The minimum absolute atomic E-state index is 0.142. The van der Waals surface area contributed by atoms with Crippen molar-refractivity contribution in [2.24, 2.45) is 0 Å². The van der Waals surface area contributed by atoms with Crippen LogP contribution in [-0.4, -0.2) is 50.4 Å². The molecule has 1 aromatic carbocycles. The molecule has 2 N–H and O–H groups in total. The summed E-state index contributed by atoms with van der Waals surface area (Å²) in [5.74, 6) is 1.34. The lowest BCUT2D eigenvalue weighted by Gasteiger charge is -2.16. The molecule has 116 valence electrons. The van der Waals surface area contributed by atoms with Crippen molar-refractivity contribution in [3.63, 3.8) is 0 Å². The minimum Gasteiger partial charge on any atom is -0.325 e. The number of hydrogen-bond donors (Lipinski definition) is 2. The molecule has 2 rings (SSSR count). The number of nitrogens with zero attached hydrogens (tertiary/aromatic N) is 1. The van der Waals surface area contributed by atoms with Gasteiger partial charge in [0.25, 0.3) is 0 Å². The topological polar surface area (TPSA) is 78.5 Å². The van der Waals surface area contributed by atoms with E-state index >= 15 is 0 Å². The first kappa shape index (κ1) is 16.3. The lowest BCUT2D eigenvalue weighted by molar-refractivity contribution is -0.117. The van der Waals surface area contributed by atoms with Gasteiger partial charge in [0.05, 0.1) is 10.9 Å². The molecule has 1 aromatic rings. The zero-order valence-corrected chi connectivity index (χ0v) is 13.8. The van der Waals surface area contributed by atoms with Crippen LogP contribution >= 0.6 is 11.8 Å². The summed E-state index contributed by atoms with van der Waals surface area (Å²) in [5, 5.41) is 5.84. The highest BCUT2D eigenvalue weighted by Gasteiger charge is 2.24. The van der Waals surface area contributed by atoms with Crippen LogP contribution in [0.4, 0.5) is 5.69 Å². The molecule has 21 heavy (non-hydrogen) atoms. The van der Waals surface area contributed by atoms with Gasteiger partial charge in [-0.25, -0.2) is 12.7 Å². The fourth-order valence-electron chi connectivity index (χ4n) is 1.95. The Morgan fingerprint density at radius 1 is 1.43 bits per heavy atom. The lowest BCUT2D eigenvalue weighted by Crippen LogP contribution is -2.37. The molecule has 0 saturated carbocycles. The van der Waals surface area contributed by atoms with Crippen LogP contribution in [0.1, 0.15) is 5.56 Å². The fourth-order valence-corrected chi connectivity index (χ4v) is 4.03. The number of nitrogens with one attached hydrogen (secondary N) is 2. The van der Waals surface area contributed by atoms with E-state index in [9.17, 15) is 13.2 Å². The quantitative estimate of drug-likeness (QED) is 0.856. The minimum atomic E-state index is -3.52. The molecule has 1 atom stereocenters. The number of carbonyl (C=O) groups excluding carboxylic acids is 1. The Labute approximate surface area is 129 Å². The molecule has 1 aliphatic heterocycles. The SMILES string of the molecule is Cc1ccc(NC(=O)C2CSCN2)cc1S(=O)(=O)N(C)C. The van der Waals surface area contributed by atoms with Gasteiger partial charge < -0.3 is 5.32 Å². The zero-order valence-electron chi connectivity index (χ0n) is 12.2. The van der Waals surface area contributed by atoms with E-state index in [0.717, 1.165) is 15.9 Å². The van der Waals surface area contributed by atoms with Crippen molar-refractivity contribution in [2.75, 3.05) is 31.0 Å². The molecule has 1 unspecified atom stereocenters. The van der Waals surface area contributed by atoms with Crippen LogP contribution in [0.15, 0.2) is 23.1 Å². The number of rotatable bonds is 4. The third kappa shape index (κ3) is 3.57. The van der Waals surface area contributed by atoms with E-state index in [1.54, 1.807) is 30.8 Å². The predicted molar refractivity (Wildman–Crippen MR) is 84.9 cm³/mol. The van der Waals surface area contributed by atoms with E-state index in [4.69, 9.17) is 0 Å². The van der Waals surface area contributed by atoms with Crippen LogP contribution < -0.4 is 10.6 Å². The number of benzene rings is 1. The number of hydrogen-bond acceptors (Lipinski definition) is 5. The van der Waals surface area contributed by atoms with E-state index in [0.29, 0.717) is 11.3 Å². The molecule has 0 spiro atoms. The van der Waals surface area contributed by atoms with Crippen LogP contribution in [0.3, 0.4) is 0 Å². The van der Waals surface area contributed by atoms with Crippen LogP contribution in [0.2, 0.25) is 0 Å². The Morgan fingerprint density at radius 3 is 2.71 bits per heavy atom. The summed E-state index contributed by atoms with van der Waals surface area (Å²) in [4.78, 5) is 12.3. The molecule has 1 amide bonds. The second-order valence-corrected chi connectivity index (χ2v) is 8.18. The maximum absolute atomic E-state index is 12.2. The number of sulfonamides is 1. The van der Waals surface area contributed by atoms with Crippen molar-refractivity contribution in [2.45, 2.75) is 17.9 Å². The Bertz CT molecular complexity index is 638. The molecule has 1 fully saturated rings. The first-order chi connectivity index (χ1) is 9.82. The monoisotopic (exact) mass is 329 g/mol. The fraction of sp³-hybridized carbons (Fsp3) is 0.462. The van der Waals surface area contributed by atoms with Crippen LogP contribution in [-0.2, 0) is 14.8 Å². The van der Waals surface area contributed by atoms with Gasteiger partial charge in [-0.05, 0) is 24.6 Å². The molecular formula is C13H19N3O3S2. The van der Waals surface area contributed by atoms with Crippen molar-refractivity contribution < 1.29 is 13.2 Å². The molecular weight excluding hydrogens is 310 g/mol. The summed E-state index contributed by atoms with van der Waals surface area (Å²) in [7, 11) is -0.551. The highest BCUT2D eigenvalue weighted by molar-refractivity contribution is 7.99. The van der Waals surface area contributed by atoms with Crippen molar-refractivity contribution >= 4 is 33.4 Å². The molecule has 0 aromatic heterocycles. The van der Waals surface area contributed by atoms with Gasteiger partial charge in [0.2, 0.25) is 15.9 Å². The number of thioether (sulfide) groups is 1. The summed E-state index contributed by atoms with van der Waals surface area (Å²) >= 11 is 1.66. The second-order valence-electron chi connectivity index (χ2n) is 5.03. The average Bonchev–Trinajstić information content (AvgIpc) is 2.94. The molecule has 0 aliphatic carbocycles. The Balaban J connectivity index is 2.24. The van der Waals surface area contributed by atoms with Gasteiger partial charge in [0.1, 0.15) is 0 Å². The number of aryl methyl sites for hydroxylation is 1. The van der Waals surface area contributed by atoms with Crippen LogP contribution in [0, 0.1) is 6.92 Å². The van der Waals surface area contributed by atoms with Gasteiger partial charge in [-0.15, -0.1) is 11.8 Å². The molecule has 1 heterocycles. The molecule has 1 saturated heterocycles. The third-order valence-corrected chi connectivity index (χ3v) is 6.14. The van der Waals surface area contributed by atoms with E-state index in [-0.39, 0.29) is 16.8 Å².